The molecule has 0 fully saturated rings. The maximum atomic E-state index is 12.3. The van der Waals surface area contributed by atoms with Crippen LogP contribution in [0, 0.1) is 28.4 Å². The predicted octanol–water partition coefficient (Wildman–Crippen LogP) is 6.30. The number of methoxy groups -OCH3 is 1. The number of halogens is 2. The number of carbonyl (C=O) groups excluding carboxylic acids is 1. The molecule has 0 saturated heterocycles. The molecule has 3 aromatic carbocycles. The molecule has 0 heterocycles. The summed E-state index contributed by atoms with van der Waals surface area (Å²) < 4.78 is 11.0. The number of anilines is 1. The number of nitriles is 1. The van der Waals surface area contributed by atoms with E-state index in [1.807, 2.05) is 6.92 Å². The molecule has 0 radical (unpaired) electrons. The first kappa shape index (κ1) is 25.6. The van der Waals surface area contributed by atoms with Crippen LogP contribution < -0.4 is 14.8 Å². The third-order valence-electron chi connectivity index (χ3n) is 4.88. The minimum atomic E-state index is -0.515. The number of benzene rings is 3. The first-order chi connectivity index (χ1) is 16.7. The average molecular weight is 512 g/mol. The van der Waals surface area contributed by atoms with E-state index in [1.54, 1.807) is 36.4 Å². The monoisotopic (exact) mass is 511 g/mol. The normalized spacial score (nSPS) is 10.9. The summed E-state index contributed by atoms with van der Waals surface area (Å²) in [4.78, 5) is 22.7. The highest BCUT2D eigenvalue weighted by Crippen LogP contribution is 2.37. The Balaban J connectivity index is 1.78. The molecule has 35 heavy (non-hydrogen) atoms. The number of nitro benzene ring substituents is 1. The van der Waals surface area contributed by atoms with E-state index in [-0.39, 0.29) is 34.4 Å². The number of nitro groups is 1. The zero-order valence-corrected chi connectivity index (χ0v) is 20.2. The summed E-state index contributed by atoms with van der Waals surface area (Å²) in [5.41, 5.74) is 2.64. The molecule has 3 aromatic rings. The molecular formula is C25H19Cl2N3O5. The molecule has 178 valence electrons. The van der Waals surface area contributed by atoms with E-state index in [9.17, 15) is 20.2 Å². The maximum Gasteiger partial charge on any atom is 0.269 e. The summed E-state index contributed by atoms with van der Waals surface area (Å²) in [7, 11) is 1.42. The summed E-state index contributed by atoms with van der Waals surface area (Å²) in [5.74, 6) is 0.00474. The van der Waals surface area contributed by atoms with Gasteiger partial charge in [-0.3, -0.25) is 14.9 Å². The van der Waals surface area contributed by atoms with Gasteiger partial charge in [-0.2, -0.15) is 5.26 Å². The van der Waals surface area contributed by atoms with Gasteiger partial charge >= 0.3 is 0 Å². The number of hydrogen-bond acceptors (Lipinski definition) is 6. The van der Waals surface area contributed by atoms with Gasteiger partial charge in [0.25, 0.3) is 11.6 Å². The minimum absolute atomic E-state index is 0.0771. The first-order valence-corrected chi connectivity index (χ1v) is 10.9. The number of aryl methyl sites for hydroxylation is 1. The summed E-state index contributed by atoms with van der Waals surface area (Å²) in [6.07, 6.45) is 1.56. The molecule has 0 atom stereocenters. The van der Waals surface area contributed by atoms with Crippen LogP contribution in [0.25, 0.3) is 11.6 Å². The standard InChI is InChI=1S/C25H19Cl2N3O5/c1-15-3-6-19(12-21(15)26)29-24(31)14-35-25-22(27)10-16(11-23(25)34-2)9-18(13-28)17-4-7-20(8-5-17)30(32)33/h3-12H,14H2,1-2H3,(H,29,31)/b18-9+. The second-order valence-corrected chi connectivity index (χ2v) is 8.12. The van der Waals surface area contributed by atoms with Gasteiger partial charge in [-0.05, 0) is 66.1 Å². The van der Waals surface area contributed by atoms with Crippen molar-refractivity contribution in [3.63, 3.8) is 0 Å². The molecule has 8 nitrogen and oxygen atoms in total. The van der Waals surface area contributed by atoms with Crippen molar-refractivity contribution < 1.29 is 19.2 Å². The van der Waals surface area contributed by atoms with Crippen molar-refractivity contribution >= 4 is 52.1 Å². The number of nitrogens with zero attached hydrogens (tertiary/aromatic N) is 2. The fraction of sp³-hybridized carbons (Fsp3) is 0.120. The van der Waals surface area contributed by atoms with Gasteiger partial charge in [0.2, 0.25) is 0 Å². The Labute approximate surface area is 211 Å². The summed E-state index contributed by atoms with van der Waals surface area (Å²) in [5, 5.41) is 23.8. The lowest BCUT2D eigenvalue weighted by molar-refractivity contribution is -0.384. The van der Waals surface area contributed by atoms with Gasteiger partial charge in [0.1, 0.15) is 0 Å². The van der Waals surface area contributed by atoms with Crippen LogP contribution in [0.4, 0.5) is 11.4 Å². The van der Waals surface area contributed by atoms with Crippen LogP contribution in [0.5, 0.6) is 11.5 Å². The van der Waals surface area contributed by atoms with E-state index in [2.05, 4.69) is 11.4 Å². The molecule has 0 aliphatic rings. The molecule has 0 saturated carbocycles. The number of allylic oxidation sites excluding steroid dienone is 1. The quantitative estimate of drug-likeness (QED) is 0.164. The summed E-state index contributed by atoms with van der Waals surface area (Å²) in [6.45, 7) is 1.53. The van der Waals surface area contributed by atoms with Gasteiger partial charge in [-0.25, -0.2) is 0 Å². The molecule has 0 aliphatic heterocycles. The number of nitrogens with one attached hydrogen (secondary N) is 1. The SMILES string of the molecule is COc1cc(/C=C(\C#N)c2ccc([N+](=O)[O-])cc2)cc(Cl)c1OCC(=O)Nc1ccc(C)c(Cl)c1. The molecule has 0 aliphatic carbocycles. The zero-order chi connectivity index (χ0) is 25.5. The molecule has 1 N–H and O–H groups in total. The van der Waals surface area contributed by atoms with Crippen molar-refractivity contribution in [1.29, 1.82) is 5.26 Å². The van der Waals surface area contributed by atoms with Crippen molar-refractivity contribution in [2.24, 2.45) is 0 Å². The lowest BCUT2D eigenvalue weighted by Crippen LogP contribution is -2.20. The Bertz CT molecular complexity index is 1350. The number of carbonyl (C=O) groups is 1. The molecule has 0 bridgehead atoms. The first-order valence-electron chi connectivity index (χ1n) is 10.1. The Kier molecular flexibility index (Phi) is 8.31. The van der Waals surface area contributed by atoms with E-state index < -0.39 is 10.8 Å². The smallest absolute Gasteiger partial charge is 0.269 e. The number of amides is 1. The molecule has 0 aromatic heterocycles. The van der Waals surface area contributed by atoms with Crippen LogP contribution in [0.2, 0.25) is 10.0 Å². The second kappa shape index (κ2) is 11.4. The van der Waals surface area contributed by atoms with Crippen LogP contribution in [0.15, 0.2) is 54.6 Å². The van der Waals surface area contributed by atoms with Gasteiger partial charge < -0.3 is 14.8 Å². The van der Waals surface area contributed by atoms with Crippen LogP contribution in [-0.4, -0.2) is 24.5 Å². The predicted molar refractivity (Wildman–Crippen MR) is 135 cm³/mol. The van der Waals surface area contributed by atoms with Crippen molar-refractivity contribution in [3.8, 4) is 17.6 Å². The van der Waals surface area contributed by atoms with Crippen LogP contribution in [0.3, 0.4) is 0 Å². The fourth-order valence-electron chi connectivity index (χ4n) is 3.08. The van der Waals surface area contributed by atoms with Gasteiger partial charge in [-0.1, -0.05) is 29.3 Å². The number of rotatable bonds is 8. The second-order valence-electron chi connectivity index (χ2n) is 7.31. The fourth-order valence-corrected chi connectivity index (χ4v) is 3.53. The highest BCUT2D eigenvalue weighted by atomic mass is 35.5. The lowest BCUT2D eigenvalue weighted by atomic mass is 10.0. The van der Waals surface area contributed by atoms with Gasteiger partial charge in [0.15, 0.2) is 18.1 Å². The molecular weight excluding hydrogens is 493 g/mol. The van der Waals surface area contributed by atoms with Gasteiger partial charge in [0.05, 0.1) is 28.7 Å². The highest BCUT2D eigenvalue weighted by molar-refractivity contribution is 6.32. The number of hydrogen-bond donors (Lipinski definition) is 1. The molecule has 3 rings (SSSR count). The molecule has 0 unspecified atom stereocenters. The molecule has 0 spiro atoms. The molecule has 1 amide bonds. The summed E-state index contributed by atoms with van der Waals surface area (Å²) in [6, 6.07) is 16.0. The molecule has 10 heteroatoms. The van der Waals surface area contributed by atoms with Gasteiger partial charge in [-0.15, -0.1) is 0 Å². The van der Waals surface area contributed by atoms with E-state index in [1.165, 1.54) is 31.4 Å². The Morgan fingerprint density at radius 2 is 1.86 bits per heavy atom. The van der Waals surface area contributed by atoms with Crippen molar-refractivity contribution in [1.82, 2.24) is 0 Å². The minimum Gasteiger partial charge on any atom is -0.493 e. The Morgan fingerprint density at radius 1 is 1.14 bits per heavy atom. The topological polar surface area (TPSA) is 114 Å². The number of non-ortho nitro benzene ring substituents is 1. The highest BCUT2D eigenvalue weighted by Gasteiger charge is 2.15. The lowest BCUT2D eigenvalue weighted by Gasteiger charge is -2.14. The van der Waals surface area contributed by atoms with E-state index in [0.717, 1.165) is 5.56 Å². The third kappa shape index (κ3) is 6.51. The average Bonchev–Trinajstić information content (AvgIpc) is 2.83. The van der Waals surface area contributed by atoms with Crippen molar-refractivity contribution in [2.45, 2.75) is 6.92 Å². The van der Waals surface area contributed by atoms with Gasteiger partial charge in [0, 0.05) is 22.8 Å². The van der Waals surface area contributed by atoms with E-state index in [0.29, 0.717) is 21.8 Å². The van der Waals surface area contributed by atoms with Crippen LogP contribution in [0.1, 0.15) is 16.7 Å². The van der Waals surface area contributed by atoms with E-state index >= 15 is 0 Å². The van der Waals surface area contributed by atoms with Crippen molar-refractivity contribution in [3.05, 3.63) is 91.4 Å². The summed E-state index contributed by atoms with van der Waals surface area (Å²) >= 11 is 12.5. The Hall–Kier alpha value is -4.06. The van der Waals surface area contributed by atoms with E-state index in [4.69, 9.17) is 32.7 Å². The van der Waals surface area contributed by atoms with Crippen LogP contribution >= 0.6 is 23.2 Å². The van der Waals surface area contributed by atoms with Crippen LogP contribution in [-0.2, 0) is 4.79 Å². The third-order valence-corrected chi connectivity index (χ3v) is 5.56. The number of ether oxygens (including phenoxy) is 2. The Morgan fingerprint density at radius 3 is 2.46 bits per heavy atom. The maximum absolute atomic E-state index is 12.3. The largest absolute Gasteiger partial charge is 0.493 e. The van der Waals surface area contributed by atoms with Crippen molar-refractivity contribution in [2.75, 3.05) is 19.0 Å². The zero-order valence-electron chi connectivity index (χ0n) is 18.7.